The van der Waals surface area contributed by atoms with E-state index in [0.29, 0.717) is 16.7 Å². The lowest BCUT2D eigenvalue weighted by molar-refractivity contribution is -0.141. The van der Waals surface area contributed by atoms with Crippen molar-refractivity contribution in [3.8, 4) is 11.3 Å². The van der Waals surface area contributed by atoms with E-state index < -0.39 is 33.5 Å². The average Bonchev–Trinajstić information content (AvgIpc) is 2.76. The molecular formula is C25H24F4N2O3S. The SMILES string of the molecule is Cc1cccc(-c2nc(C(F)(F)F)ccc2CCC(=O)Cc2ccc(CCS(N)(=O)=O)c(F)c2)c1. The Labute approximate surface area is 201 Å². The van der Waals surface area contributed by atoms with Crippen molar-refractivity contribution in [2.75, 3.05) is 5.75 Å². The second-order valence-corrected chi connectivity index (χ2v) is 10.1. The number of benzene rings is 2. The molecule has 0 bridgehead atoms. The number of nitrogens with two attached hydrogens (primary N) is 1. The number of pyridine rings is 1. The van der Waals surface area contributed by atoms with E-state index in [-0.39, 0.29) is 42.7 Å². The summed E-state index contributed by atoms with van der Waals surface area (Å²) in [7, 11) is -3.73. The van der Waals surface area contributed by atoms with Crippen LogP contribution in [-0.4, -0.2) is 24.9 Å². The third-order valence-electron chi connectivity index (χ3n) is 5.41. The molecule has 2 aromatic carbocycles. The molecule has 0 aliphatic carbocycles. The molecule has 0 saturated heterocycles. The van der Waals surface area contributed by atoms with Crippen molar-refractivity contribution in [2.24, 2.45) is 5.14 Å². The highest BCUT2D eigenvalue weighted by Gasteiger charge is 2.33. The van der Waals surface area contributed by atoms with Gasteiger partial charge < -0.3 is 0 Å². The topological polar surface area (TPSA) is 90.1 Å². The number of hydrogen-bond acceptors (Lipinski definition) is 4. The highest BCUT2D eigenvalue weighted by Crippen LogP contribution is 2.32. The minimum absolute atomic E-state index is 0.0284. The van der Waals surface area contributed by atoms with E-state index in [1.54, 1.807) is 18.2 Å². The molecule has 2 N–H and O–H groups in total. The summed E-state index contributed by atoms with van der Waals surface area (Å²) in [6.07, 6.45) is -4.55. The number of nitrogens with zero attached hydrogens (tertiary/aromatic N) is 1. The minimum atomic E-state index is -4.60. The number of ketones is 1. The summed E-state index contributed by atoms with van der Waals surface area (Å²) in [6, 6.07) is 13.3. The van der Waals surface area contributed by atoms with Crippen molar-refractivity contribution in [2.45, 2.75) is 38.8 Å². The maximum absolute atomic E-state index is 14.3. The summed E-state index contributed by atoms with van der Waals surface area (Å²) in [5.41, 5.74) is 1.63. The molecule has 0 amide bonds. The summed E-state index contributed by atoms with van der Waals surface area (Å²) >= 11 is 0. The first kappa shape index (κ1) is 26.5. The number of hydrogen-bond donors (Lipinski definition) is 1. The highest BCUT2D eigenvalue weighted by molar-refractivity contribution is 7.89. The smallest absolute Gasteiger partial charge is 0.299 e. The minimum Gasteiger partial charge on any atom is -0.299 e. The first-order valence-corrected chi connectivity index (χ1v) is 12.5. The molecule has 5 nitrogen and oxygen atoms in total. The van der Waals surface area contributed by atoms with Gasteiger partial charge in [-0.3, -0.25) is 4.79 Å². The van der Waals surface area contributed by atoms with E-state index >= 15 is 0 Å². The number of Topliss-reactive ketones (excluding diaryl/α,β-unsaturated/α-hetero) is 1. The Hall–Kier alpha value is -3.11. The monoisotopic (exact) mass is 508 g/mol. The Morgan fingerprint density at radius 1 is 1.00 bits per heavy atom. The zero-order chi connectivity index (χ0) is 25.8. The van der Waals surface area contributed by atoms with Crippen LogP contribution in [0.3, 0.4) is 0 Å². The molecule has 1 heterocycles. The van der Waals surface area contributed by atoms with Gasteiger partial charge in [-0.15, -0.1) is 0 Å². The number of sulfonamides is 1. The van der Waals surface area contributed by atoms with E-state index in [9.17, 15) is 30.8 Å². The van der Waals surface area contributed by atoms with E-state index in [1.165, 1.54) is 24.3 Å². The number of primary sulfonamides is 1. The van der Waals surface area contributed by atoms with Gasteiger partial charge in [-0.1, -0.05) is 42.0 Å². The molecule has 186 valence electrons. The summed E-state index contributed by atoms with van der Waals surface area (Å²) in [5.74, 6) is -1.25. The molecule has 0 fully saturated rings. The molecular weight excluding hydrogens is 484 g/mol. The van der Waals surface area contributed by atoms with Gasteiger partial charge in [0.1, 0.15) is 17.3 Å². The standard InChI is InChI=1S/C25H24F4N2O3S/c1-16-3-2-4-20(13-16)24-19(8-10-23(31-24)25(27,28)29)7-9-21(32)14-17-5-6-18(22(26)15-17)11-12-35(30,33)34/h2-6,8,10,13,15H,7,9,11-12,14H2,1H3,(H2,30,33,34). The van der Waals surface area contributed by atoms with Gasteiger partial charge in [0.25, 0.3) is 0 Å². The summed E-state index contributed by atoms with van der Waals surface area (Å²) in [6.45, 7) is 1.82. The number of halogens is 4. The van der Waals surface area contributed by atoms with Crippen LogP contribution in [0.1, 0.15) is 34.4 Å². The number of aryl methyl sites for hydroxylation is 3. The van der Waals surface area contributed by atoms with Crippen LogP contribution in [0.25, 0.3) is 11.3 Å². The fourth-order valence-electron chi connectivity index (χ4n) is 3.64. The molecule has 3 aromatic rings. The predicted octanol–water partition coefficient (Wildman–Crippen LogP) is 4.79. The Bertz CT molecular complexity index is 1340. The fraction of sp³-hybridized carbons (Fsp3) is 0.280. The van der Waals surface area contributed by atoms with Crippen molar-refractivity contribution >= 4 is 15.8 Å². The van der Waals surface area contributed by atoms with Gasteiger partial charge in [-0.25, -0.2) is 22.9 Å². The second-order valence-electron chi connectivity index (χ2n) is 8.33. The third kappa shape index (κ3) is 7.69. The van der Waals surface area contributed by atoms with Gasteiger partial charge in [-0.2, -0.15) is 13.2 Å². The molecule has 0 aliphatic heterocycles. The van der Waals surface area contributed by atoms with Crippen LogP contribution in [0.2, 0.25) is 0 Å². The van der Waals surface area contributed by atoms with Crippen LogP contribution in [0.4, 0.5) is 17.6 Å². The summed E-state index contributed by atoms with van der Waals surface area (Å²) in [4.78, 5) is 16.4. The van der Waals surface area contributed by atoms with Gasteiger partial charge in [0.2, 0.25) is 10.0 Å². The number of carbonyl (C=O) groups is 1. The largest absolute Gasteiger partial charge is 0.433 e. The van der Waals surface area contributed by atoms with Crippen molar-refractivity contribution in [1.82, 2.24) is 4.98 Å². The number of carbonyl (C=O) groups excluding carboxylic acids is 1. The predicted molar refractivity (Wildman–Crippen MR) is 125 cm³/mol. The summed E-state index contributed by atoms with van der Waals surface area (Å²) in [5, 5.41) is 4.94. The first-order valence-electron chi connectivity index (χ1n) is 10.8. The molecule has 0 aliphatic rings. The van der Waals surface area contributed by atoms with Gasteiger partial charge in [0.15, 0.2) is 0 Å². The van der Waals surface area contributed by atoms with E-state index in [4.69, 9.17) is 5.14 Å². The molecule has 0 spiro atoms. The second kappa shape index (κ2) is 10.7. The molecule has 0 radical (unpaired) electrons. The molecule has 0 saturated carbocycles. The van der Waals surface area contributed by atoms with Gasteiger partial charge in [0, 0.05) is 18.4 Å². The molecule has 1 aromatic heterocycles. The number of rotatable bonds is 9. The molecule has 3 rings (SSSR count). The van der Waals surface area contributed by atoms with Crippen LogP contribution >= 0.6 is 0 Å². The lowest BCUT2D eigenvalue weighted by atomic mass is 9.97. The molecule has 0 atom stereocenters. The van der Waals surface area contributed by atoms with Crippen molar-refractivity contribution < 1.29 is 30.8 Å². The molecule has 0 unspecified atom stereocenters. The highest BCUT2D eigenvalue weighted by atomic mass is 32.2. The van der Waals surface area contributed by atoms with Crippen LogP contribution < -0.4 is 5.14 Å². The zero-order valence-electron chi connectivity index (χ0n) is 18.9. The quantitative estimate of drug-likeness (QED) is 0.421. The van der Waals surface area contributed by atoms with Crippen LogP contribution in [-0.2, 0) is 40.3 Å². The Morgan fingerprint density at radius 3 is 2.34 bits per heavy atom. The van der Waals surface area contributed by atoms with Crippen LogP contribution in [0.5, 0.6) is 0 Å². The Kier molecular flexibility index (Phi) is 8.07. The van der Waals surface area contributed by atoms with Crippen molar-refractivity contribution in [3.63, 3.8) is 0 Å². The molecule has 35 heavy (non-hydrogen) atoms. The maximum atomic E-state index is 14.3. The molecule has 10 heteroatoms. The zero-order valence-corrected chi connectivity index (χ0v) is 19.7. The number of aromatic nitrogens is 1. The fourth-order valence-corrected chi connectivity index (χ4v) is 4.14. The van der Waals surface area contributed by atoms with Gasteiger partial charge >= 0.3 is 6.18 Å². The average molecular weight is 509 g/mol. The van der Waals surface area contributed by atoms with E-state index in [1.807, 2.05) is 13.0 Å². The van der Waals surface area contributed by atoms with E-state index in [0.717, 1.165) is 11.6 Å². The van der Waals surface area contributed by atoms with Gasteiger partial charge in [-0.05, 0) is 54.7 Å². The van der Waals surface area contributed by atoms with Gasteiger partial charge in [0.05, 0.1) is 11.4 Å². The number of alkyl halides is 3. The van der Waals surface area contributed by atoms with Crippen molar-refractivity contribution in [1.29, 1.82) is 0 Å². The van der Waals surface area contributed by atoms with Crippen LogP contribution in [0.15, 0.2) is 54.6 Å². The first-order chi connectivity index (χ1) is 16.3. The van der Waals surface area contributed by atoms with Crippen molar-refractivity contribution in [3.05, 3.63) is 88.4 Å². The van der Waals surface area contributed by atoms with E-state index in [2.05, 4.69) is 4.98 Å². The summed E-state index contributed by atoms with van der Waals surface area (Å²) < 4.78 is 76.1. The lowest BCUT2D eigenvalue weighted by Gasteiger charge is -2.13. The third-order valence-corrected chi connectivity index (χ3v) is 6.18. The van der Waals surface area contributed by atoms with Crippen LogP contribution in [0, 0.1) is 12.7 Å². The Balaban J connectivity index is 1.73. The normalized spacial score (nSPS) is 12.1. The lowest BCUT2D eigenvalue weighted by Crippen LogP contribution is -2.18. The Morgan fingerprint density at radius 2 is 1.71 bits per heavy atom. The maximum Gasteiger partial charge on any atom is 0.433 e.